The van der Waals surface area contributed by atoms with Gasteiger partial charge in [-0.2, -0.15) is 0 Å². The van der Waals surface area contributed by atoms with E-state index in [4.69, 9.17) is 6.42 Å². The number of hydrogen-bond donors (Lipinski definition) is 1. The number of benzene rings is 1. The van der Waals surface area contributed by atoms with E-state index in [1.54, 1.807) is 18.2 Å². The van der Waals surface area contributed by atoms with Crippen molar-refractivity contribution in [2.75, 3.05) is 4.72 Å². The maximum Gasteiger partial charge on any atom is 0.235 e. The average molecular weight is 235 g/mol. The first-order chi connectivity index (χ1) is 7.53. The summed E-state index contributed by atoms with van der Waals surface area (Å²) in [5.41, 5.74) is 2.22. The predicted octanol–water partition coefficient (Wildman–Crippen LogP) is 1.88. The van der Waals surface area contributed by atoms with Crippen LogP contribution in [0.25, 0.3) is 0 Å². The Morgan fingerprint density at radius 2 is 2.12 bits per heavy atom. The van der Waals surface area contributed by atoms with Crippen LogP contribution in [0, 0.1) is 19.3 Å². The number of aryl methyl sites for hydroxylation is 1. The second-order valence-electron chi connectivity index (χ2n) is 4.02. The Bertz CT molecular complexity index is 551. The van der Waals surface area contributed by atoms with Gasteiger partial charge in [-0.15, -0.1) is 6.42 Å². The molecule has 1 saturated carbocycles. The van der Waals surface area contributed by atoms with Crippen molar-refractivity contribution in [1.82, 2.24) is 0 Å². The molecule has 0 spiro atoms. The normalized spacial score (nSPS) is 15.5. The van der Waals surface area contributed by atoms with Gasteiger partial charge < -0.3 is 0 Å². The number of rotatable bonds is 3. The van der Waals surface area contributed by atoms with Crippen LogP contribution in [-0.2, 0) is 10.0 Å². The Hall–Kier alpha value is -1.47. The highest BCUT2D eigenvalue weighted by atomic mass is 32.2. The van der Waals surface area contributed by atoms with Gasteiger partial charge in [-0.1, -0.05) is 5.92 Å². The number of hydrogen-bond acceptors (Lipinski definition) is 2. The van der Waals surface area contributed by atoms with E-state index in [2.05, 4.69) is 10.6 Å². The summed E-state index contributed by atoms with van der Waals surface area (Å²) in [6, 6.07) is 5.24. The molecule has 0 aromatic heterocycles. The zero-order chi connectivity index (χ0) is 11.8. The van der Waals surface area contributed by atoms with E-state index < -0.39 is 10.0 Å². The first-order valence-electron chi connectivity index (χ1n) is 5.12. The summed E-state index contributed by atoms with van der Waals surface area (Å²) in [7, 11) is -3.18. The molecule has 84 valence electrons. The predicted molar refractivity (Wildman–Crippen MR) is 64.7 cm³/mol. The minimum atomic E-state index is -3.18. The van der Waals surface area contributed by atoms with Gasteiger partial charge in [0, 0.05) is 5.56 Å². The lowest BCUT2D eigenvalue weighted by Crippen LogP contribution is -2.17. The molecule has 0 atom stereocenters. The van der Waals surface area contributed by atoms with E-state index in [-0.39, 0.29) is 5.25 Å². The summed E-state index contributed by atoms with van der Waals surface area (Å²) in [5, 5.41) is -0.209. The average Bonchev–Trinajstić information content (AvgIpc) is 3.04. The molecule has 0 bridgehead atoms. The summed E-state index contributed by atoms with van der Waals surface area (Å²) in [4.78, 5) is 0. The van der Waals surface area contributed by atoms with Crippen molar-refractivity contribution in [3.05, 3.63) is 29.3 Å². The number of sulfonamides is 1. The van der Waals surface area contributed by atoms with E-state index in [0.717, 1.165) is 24.0 Å². The van der Waals surface area contributed by atoms with E-state index >= 15 is 0 Å². The molecule has 4 heteroatoms. The summed E-state index contributed by atoms with van der Waals surface area (Å²) in [6.45, 7) is 1.84. The Morgan fingerprint density at radius 1 is 1.44 bits per heavy atom. The molecule has 0 heterocycles. The lowest BCUT2D eigenvalue weighted by atomic mass is 10.1. The maximum atomic E-state index is 11.7. The largest absolute Gasteiger partial charge is 0.283 e. The molecule has 2 rings (SSSR count). The molecule has 1 N–H and O–H groups in total. The van der Waals surface area contributed by atoms with Gasteiger partial charge in [0.1, 0.15) is 0 Å². The summed E-state index contributed by atoms with van der Waals surface area (Å²) in [5.74, 6) is 2.52. The fourth-order valence-corrected chi connectivity index (χ4v) is 2.94. The zero-order valence-corrected chi connectivity index (χ0v) is 9.84. The van der Waals surface area contributed by atoms with Crippen LogP contribution in [0.4, 0.5) is 5.69 Å². The molecule has 16 heavy (non-hydrogen) atoms. The minimum absolute atomic E-state index is 0.209. The first-order valence-corrected chi connectivity index (χ1v) is 6.66. The van der Waals surface area contributed by atoms with Crippen LogP contribution < -0.4 is 4.72 Å². The van der Waals surface area contributed by atoms with Crippen LogP contribution in [0.5, 0.6) is 0 Å². The van der Waals surface area contributed by atoms with Gasteiger partial charge in [-0.25, -0.2) is 8.42 Å². The molecule has 1 aromatic carbocycles. The maximum absolute atomic E-state index is 11.7. The van der Waals surface area contributed by atoms with E-state index in [1.165, 1.54) is 0 Å². The molecule has 0 unspecified atom stereocenters. The third-order valence-electron chi connectivity index (χ3n) is 2.61. The Morgan fingerprint density at radius 3 is 2.62 bits per heavy atom. The van der Waals surface area contributed by atoms with Gasteiger partial charge in [-0.3, -0.25) is 4.72 Å². The monoisotopic (exact) mass is 235 g/mol. The fraction of sp³-hybridized carbons (Fsp3) is 0.333. The molecular weight excluding hydrogens is 222 g/mol. The first kappa shape index (κ1) is 11.0. The van der Waals surface area contributed by atoms with Crippen LogP contribution in [0.1, 0.15) is 24.0 Å². The smallest absolute Gasteiger partial charge is 0.235 e. The van der Waals surface area contributed by atoms with Crippen molar-refractivity contribution >= 4 is 15.7 Å². The number of nitrogens with one attached hydrogen (secondary N) is 1. The lowest BCUT2D eigenvalue weighted by Gasteiger charge is -2.09. The second kappa shape index (κ2) is 3.84. The molecule has 0 saturated heterocycles. The van der Waals surface area contributed by atoms with Gasteiger partial charge in [0.25, 0.3) is 0 Å². The quantitative estimate of drug-likeness (QED) is 0.813. The van der Waals surface area contributed by atoms with Crippen molar-refractivity contribution in [3.8, 4) is 12.3 Å². The minimum Gasteiger partial charge on any atom is -0.283 e. The van der Waals surface area contributed by atoms with Crippen LogP contribution >= 0.6 is 0 Å². The van der Waals surface area contributed by atoms with Gasteiger partial charge in [-0.05, 0) is 43.5 Å². The van der Waals surface area contributed by atoms with Gasteiger partial charge in [0.2, 0.25) is 10.0 Å². The van der Waals surface area contributed by atoms with Crippen LogP contribution in [-0.4, -0.2) is 13.7 Å². The zero-order valence-electron chi connectivity index (χ0n) is 9.03. The molecular formula is C12H13NO2S. The van der Waals surface area contributed by atoms with Crippen molar-refractivity contribution in [2.45, 2.75) is 25.0 Å². The number of anilines is 1. The lowest BCUT2D eigenvalue weighted by molar-refractivity contribution is 0.600. The van der Waals surface area contributed by atoms with Crippen molar-refractivity contribution < 1.29 is 8.42 Å². The van der Waals surface area contributed by atoms with Crippen LogP contribution in [0.2, 0.25) is 0 Å². The van der Waals surface area contributed by atoms with E-state index in [9.17, 15) is 8.42 Å². The van der Waals surface area contributed by atoms with Crippen LogP contribution in [0.15, 0.2) is 18.2 Å². The highest BCUT2D eigenvalue weighted by Crippen LogP contribution is 2.30. The molecule has 0 radical (unpaired) electrons. The Balaban J connectivity index is 2.26. The SMILES string of the molecule is C#Cc1ccc(NS(=O)(=O)C2CC2)c(C)c1. The highest BCUT2D eigenvalue weighted by molar-refractivity contribution is 7.93. The molecule has 1 aliphatic rings. The Labute approximate surface area is 95.9 Å². The standard InChI is InChI=1S/C12H13NO2S/c1-3-10-4-7-12(9(2)8-10)13-16(14,15)11-5-6-11/h1,4,7-8,11,13H,5-6H2,2H3. The summed E-state index contributed by atoms with van der Waals surface area (Å²) >= 11 is 0. The van der Waals surface area contributed by atoms with Gasteiger partial charge in [0.15, 0.2) is 0 Å². The molecule has 3 nitrogen and oxygen atoms in total. The van der Waals surface area contributed by atoms with Gasteiger partial charge in [0.05, 0.1) is 10.9 Å². The fourth-order valence-electron chi connectivity index (χ4n) is 1.48. The highest BCUT2D eigenvalue weighted by Gasteiger charge is 2.35. The van der Waals surface area contributed by atoms with Gasteiger partial charge >= 0.3 is 0 Å². The molecule has 1 aromatic rings. The Kier molecular flexibility index (Phi) is 2.64. The summed E-state index contributed by atoms with van der Waals surface area (Å²) < 4.78 is 26.0. The van der Waals surface area contributed by atoms with E-state index in [0.29, 0.717) is 5.69 Å². The second-order valence-corrected chi connectivity index (χ2v) is 5.98. The third-order valence-corrected chi connectivity index (χ3v) is 4.46. The topological polar surface area (TPSA) is 46.2 Å². The molecule has 1 fully saturated rings. The van der Waals surface area contributed by atoms with Crippen molar-refractivity contribution in [1.29, 1.82) is 0 Å². The summed E-state index contributed by atoms with van der Waals surface area (Å²) in [6.07, 6.45) is 6.79. The molecule has 0 aliphatic heterocycles. The van der Waals surface area contributed by atoms with Crippen molar-refractivity contribution in [2.24, 2.45) is 0 Å². The number of terminal acetylenes is 1. The molecule has 0 amide bonds. The molecule has 1 aliphatic carbocycles. The third kappa shape index (κ3) is 2.20. The van der Waals surface area contributed by atoms with Crippen molar-refractivity contribution in [3.63, 3.8) is 0 Å². The van der Waals surface area contributed by atoms with E-state index in [1.807, 2.05) is 6.92 Å². The van der Waals surface area contributed by atoms with Crippen LogP contribution in [0.3, 0.4) is 0 Å².